The summed E-state index contributed by atoms with van der Waals surface area (Å²) in [6.07, 6.45) is 6.29. The Balaban J connectivity index is 2.80. The van der Waals surface area contributed by atoms with Crippen molar-refractivity contribution in [3.63, 3.8) is 0 Å². The summed E-state index contributed by atoms with van der Waals surface area (Å²) in [5.41, 5.74) is 6.35. The summed E-state index contributed by atoms with van der Waals surface area (Å²) in [6.45, 7) is 13.7. The molecule has 0 aliphatic carbocycles. The van der Waals surface area contributed by atoms with Crippen LogP contribution in [0.2, 0.25) is 0 Å². The predicted octanol–water partition coefficient (Wildman–Crippen LogP) is 4.71. The van der Waals surface area contributed by atoms with E-state index < -0.39 is 21.4 Å². The zero-order chi connectivity index (χ0) is 22.2. The second-order valence-corrected chi connectivity index (χ2v) is 8.81. The number of hydrogen-bond donors (Lipinski definition) is 1. The minimum Gasteiger partial charge on any atom is -0.362 e. The summed E-state index contributed by atoms with van der Waals surface area (Å²) >= 11 is 0. The van der Waals surface area contributed by atoms with Crippen LogP contribution in [0.15, 0.2) is 108 Å². The molecule has 1 unspecified atom stereocenters. The van der Waals surface area contributed by atoms with Crippen molar-refractivity contribution in [2.75, 3.05) is 13.2 Å². The Hall–Kier alpha value is -2.73. The van der Waals surface area contributed by atoms with E-state index in [4.69, 9.17) is 10.5 Å². The molecule has 1 atom stereocenters. The summed E-state index contributed by atoms with van der Waals surface area (Å²) in [6, 6.07) is 16.0. The van der Waals surface area contributed by atoms with Gasteiger partial charge in [-0.25, -0.2) is 8.42 Å². The molecule has 0 saturated heterocycles. The van der Waals surface area contributed by atoms with Crippen molar-refractivity contribution in [2.24, 2.45) is 5.73 Å². The van der Waals surface area contributed by atoms with Crippen LogP contribution in [0.4, 0.5) is 0 Å². The first-order valence-corrected chi connectivity index (χ1v) is 11.1. The fourth-order valence-corrected chi connectivity index (χ4v) is 5.08. The van der Waals surface area contributed by atoms with Crippen LogP contribution < -0.4 is 5.73 Å². The highest BCUT2D eigenvalue weighted by Crippen LogP contribution is 2.43. The molecule has 0 aromatic heterocycles. The molecule has 0 fully saturated rings. The molecule has 0 amide bonds. The van der Waals surface area contributed by atoms with Gasteiger partial charge in [-0.1, -0.05) is 85.5 Å². The first kappa shape index (κ1) is 23.5. The second kappa shape index (κ2) is 10.3. The maximum Gasteiger partial charge on any atom is 0.203 e. The Morgan fingerprint density at radius 2 is 1.67 bits per heavy atom. The number of benzene rings is 2. The summed E-state index contributed by atoms with van der Waals surface area (Å²) in [5.74, 6) is -0.733. The Kier molecular flexibility index (Phi) is 8.12. The molecular formula is C25H29NO3S. The van der Waals surface area contributed by atoms with Crippen LogP contribution in [0.25, 0.3) is 0 Å². The number of rotatable bonds is 11. The molecule has 0 saturated carbocycles. The Morgan fingerprint density at radius 1 is 1.07 bits per heavy atom. The Morgan fingerprint density at radius 3 is 2.17 bits per heavy atom. The number of hydrogen-bond acceptors (Lipinski definition) is 4. The van der Waals surface area contributed by atoms with E-state index in [-0.39, 0.29) is 23.0 Å². The van der Waals surface area contributed by atoms with Crippen LogP contribution >= 0.6 is 0 Å². The molecule has 0 radical (unpaired) electrons. The third kappa shape index (κ3) is 4.87. The smallest absolute Gasteiger partial charge is 0.203 e. The minimum atomic E-state index is -3.88. The molecule has 2 aromatic carbocycles. The summed E-state index contributed by atoms with van der Waals surface area (Å²) in [4.78, 5) is 0.336. The van der Waals surface area contributed by atoms with Crippen LogP contribution in [0.3, 0.4) is 0 Å². The van der Waals surface area contributed by atoms with Crippen LogP contribution in [0, 0.1) is 6.92 Å². The highest BCUT2D eigenvalue weighted by atomic mass is 32.2. The molecule has 4 nitrogen and oxygen atoms in total. The Labute approximate surface area is 180 Å². The lowest BCUT2D eigenvalue weighted by atomic mass is 9.81. The van der Waals surface area contributed by atoms with Crippen LogP contribution in [-0.4, -0.2) is 27.2 Å². The maximum atomic E-state index is 13.7. The molecular weight excluding hydrogens is 394 g/mol. The van der Waals surface area contributed by atoms with Crippen molar-refractivity contribution in [1.29, 1.82) is 0 Å². The van der Waals surface area contributed by atoms with Crippen molar-refractivity contribution >= 4 is 9.84 Å². The summed E-state index contributed by atoms with van der Waals surface area (Å²) < 4.78 is 33.5. The summed E-state index contributed by atoms with van der Waals surface area (Å²) in [5, 5.41) is 0. The van der Waals surface area contributed by atoms with Crippen molar-refractivity contribution in [1.82, 2.24) is 0 Å². The van der Waals surface area contributed by atoms with Gasteiger partial charge in [0.2, 0.25) is 9.84 Å². The lowest BCUT2D eigenvalue weighted by Gasteiger charge is -2.37. The van der Waals surface area contributed by atoms with Gasteiger partial charge in [0, 0.05) is 6.54 Å². The zero-order valence-electron chi connectivity index (χ0n) is 17.3. The van der Waals surface area contributed by atoms with E-state index >= 15 is 0 Å². The van der Waals surface area contributed by atoms with E-state index in [9.17, 15) is 8.42 Å². The third-order valence-corrected chi connectivity index (χ3v) is 6.83. The standard InChI is InChI=1S/C25H29NO3S/c1-5-19-29-25(6-2,7-3)24(21-11-9-8-10-12-21)23(17-18-26)30(27,28)22-15-13-20(4)14-16-22/h5-17,24H,1-3,18-19,26H2,4H3. The van der Waals surface area contributed by atoms with Gasteiger partial charge in [-0.15, -0.1) is 6.58 Å². The first-order valence-electron chi connectivity index (χ1n) is 9.65. The molecule has 158 valence electrons. The highest BCUT2D eigenvalue weighted by Gasteiger charge is 2.42. The van der Waals surface area contributed by atoms with E-state index in [0.29, 0.717) is 0 Å². The number of aryl methyl sites for hydroxylation is 1. The molecule has 0 aliphatic heterocycles. The van der Waals surface area contributed by atoms with Gasteiger partial charge in [0.15, 0.2) is 0 Å². The molecule has 0 bridgehead atoms. The molecule has 30 heavy (non-hydrogen) atoms. The van der Waals surface area contributed by atoms with Crippen LogP contribution in [0.5, 0.6) is 0 Å². The van der Waals surface area contributed by atoms with Gasteiger partial charge in [0.1, 0.15) is 5.60 Å². The molecule has 2 N–H and O–H groups in total. The van der Waals surface area contributed by atoms with Crippen LogP contribution in [0.1, 0.15) is 17.0 Å². The third-order valence-electron chi connectivity index (χ3n) is 4.92. The second-order valence-electron chi connectivity index (χ2n) is 6.86. The number of nitrogens with two attached hydrogens (primary N) is 1. The zero-order valence-corrected chi connectivity index (χ0v) is 18.1. The van der Waals surface area contributed by atoms with Crippen molar-refractivity contribution < 1.29 is 13.2 Å². The predicted molar refractivity (Wildman–Crippen MR) is 124 cm³/mol. The molecule has 0 heterocycles. The number of ether oxygens (including phenoxy) is 1. The minimum absolute atomic E-state index is 0.0512. The monoisotopic (exact) mass is 423 g/mol. The quantitative estimate of drug-likeness (QED) is 0.532. The van der Waals surface area contributed by atoms with E-state index in [1.807, 2.05) is 37.3 Å². The van der Waals surface area contributed by atoms with Crippen molar-refractivity contribution in [3.8, 4) is 0 Å². The van der Waals surface area contributed by atoms with E-state index in [0.717, 1.165) is 11.1 Å². The van der Waals surface area contributed by atoms with Gasteiger partial charge in [-0.2, -0.15) is 0 Å². The van der Waals surface area contributed by atoms with Gasteiger partial charge < -0.3 is 10.5 Å². The lowest BCUT2D eigenvalue weighted by Crippen LogP contribution is -2.38. The molecule has 5 heteroatoms. The number of sulfone groups is 1. The Bertz CT molecular complexity index is 998. The fourth-order valence-electron chi connectivity index (χ4n) is 3.37. The van der Waals surface area contributed by atoms with Gasteiger partial charge in [0.05, 0.1) is 22.3 Å². The maximum absolute atomic E-state index is 13.7. The van der Waals surface area contributed by atoms with Gasteiger partial charge >= 0.3 is 0 Å². The highest BCUT2D eigenvalue weighted by molar-refractivity contribution is 7.95. The van der Waals surface area contributed by atoms with Crippen molar-refractivity contribution in [3.05, 3.63) is 115 Å². The molecule has 2 rings (SSSR count). The van der Waals surface area contributed by atoms with E-state index in [2.05, 4.69) is 19.7 Å². The molecule has 2 aromatic rings. The topological polar surface area (TPSA) is 69.4 Å². The lowest BCUT2D eigenvalue weighted by molar-refractivity contribution is 0.0356. The van der Waals surface area contributed by atoms with Gasteiger partial charge in [0.25, 0.3) is 0 Å². The fraction of sp³-hybridized carbons (Fsp3) is 0.200. The van der Waals surface area contributed by atoms with Crippen LogP contribution in [-0.2, 0) is 14.6 Å². The van der Waals surface area contributed by atoms with Gasteiger partial charge in [-0.05, 0) is 24.6 Å². The SMILES string of the molecule is C=CCOC(C=C)(C=C)C(C(=CCN)S(=O)(=O)c1ccc(C)cc1)c1ccccc1. The van der Waals surface area contributed by atoms with E-state index in [1.165, 1.54) is 6.08 Å². The largest absolute Gasteiger partial charge is 0.362 e. The molecule has 0 aliphatic rings. The normalized spacial score (nSPS) is 13.5. The average Bonchev–Trinajstić information content (AvgIpc) is 2.76. The summed E-state index contributed by atoms with van der Waals surface area (Å²) in [7, 11) is -3.88. The van der Waals surface area contributed by atoms with Crippen molar-refractivity contribution in [2.45, 2.75) is 23.3 Å². The van der Waals surface area contributed by atoms with Gasteiger partial charge in [-0.3, -0.25) is 0 Å². The average molecular weight is 424 g/mol. The first-order chi connectivity index (χ1) is 14.4. The molecule has 0 spiro atoms. The van der Waals surface area contributed by atoms with E-state index in [1.54, 1.807) is 42.5 Å².